The van der Waals surface area contributed by atoms with Gasteiger partial charge in [-0.1, -0.05) is 97.1 Å². The minimum Gasteiger partial charge on any atom is -0.448 e. The Balaban J connectivity index is 0.574. The molecule has 0 spiro atoms. The smallest absolute Gasteiger partial charge is 0.409 e. The van der Waals surface area contributed by atoms with E-state index in [1.165, 1.54) is 54.3 Å². The van der Waals surface area contributed by atoms with Crippen molar-refractivity contribution < 1.29 is 80.6 Å². The van der Waals surface area contributed by atoms with Crippen molar-refractivity contribution in [1.29, 1.82) is 0 Å². The second-order valence-corrected chi connectivity index (χ2v) is 18.4. The van der Waals surface area contributed by atoms with Crippen molar-refractivity contribution in [3.63, 3.8) is 0 Å². The van der Waals surface area contributed by atoms with Crippen LogP contribution in [0, 0.1) is 0 Å². The molecule has 0 saturated carbocycles. The fourth-order valence-corrected chi connectivity index (χ4v) is 8.73. The predicted molar refractivity (Wildman–Crippen MR) is 296 cm³/mol. The second kappa shape index (κ2) is 39.3. The average molecular weight is 1110 g/mol. The van der Waals surface area contributed by atoms with Crippen LogP contribution in [0.1, 0.15) is 34.1 Å². The fourth-order valence-electron chi connectivity index (χ4n) is 8.73. The Kier molecular flexibility index (Phi) is 31.4. The molecular weight excluding hydrogens is 1020 g/mol. The van der Waals surface area contributed by atoms with Gasteiger partial charge in [-0.3, -0.25) is 0 Å². The number of nitrogens with zero attached hydrogens (tertiary/aromatic N) is 2. The monoisotopic (exact) mass is 1100 g/mol. The fraction of sp³-hybridized carbons (Fsp3) is 0.567. The van der Waals surface area contributed by atoms with Gasteiger partial charge < -0.3 is 80.9 Å². The molecule has 0 bridgehead atoms. The molecule has 79 heavy (non-hydrogen) atoms. The molecule has 19 heteroatoms. The highest BCUT2D eigenvalue weighted by atomic mass is 16.6. The Morgan fingerprint density at radius 3 is 0.671 bits per heavy atom. The van der Waals surface area contributed by atoms with E-state index in [0.29, 0.717) is 198 Å². The SMILES string of the molecule is CN(CCOCCOCCOCCOCCOCCOCCOCCOCCOCCOCCOCCOCCOCCN(C)C(=O)OCC1c2ccccc2-c2ccccc21)C(=O)OCC1c2ccccc2-c2ccccc21. The molecular formula is C60H84N2O17. The maximum atomic E-state index is 12.7. The Morgan fingerprint density at radius 2 is 0.468 bits per heavy atom. The molecule has 0 atom stereocenters. The molecule has 2 aliphatic carbocycles. The van der Waals surface area contributed by atoms with Gasteiger partial charge in [-0.05, 0) is 44.5 Å². The summed E-state index contributed by atoms with van der Waals surface area (Å²) >= 11 is 0. The van der Waals surface area contributed by atoms with Gasteiger partial charge in [0.25, 0.3) is 0 Å². The third kappa shape index (κ3) is 23.5. The molecule has 0 aromatic heterocycles. The number of ether oxygens (including phenoxy) is 15. The molecule has 0 heterocycles. The molecule has 4 aromatic rings. The molecule has 2 aliphatic rings. The Hall–Kier alpha value is -5.10. The molecule has 4 aromatic carbocycles. The summed E-state index contributed by atoms with van der Waals surface area (Å²) in [5, 5.41) is 0. The summed E-state index contributed by atoms with van der Waals surface area (Å²) in [6.45, 7) is 13.3. The van der Waals surface area contributed by atoms with E-state index in [-0.39, 0.29) is 24.0 Å². The summed E-state index contributed by atoms with van der Waals surface area (Å²) in [6, 6.07) is 33.1. The summed E-state index contributed by atoms with van der Waals surface area (Å²) in [5.74, 6) is 0.0602. The van der Waals surface area contributed by atoms with E-state index in [2.05, 4.69) is 48.5 Å². The number of rotatable bonds is 46. The standard InChI is InChI=1S/C60H84N2O17/c1-61(59(63)78-47-57-53-15-7-3-11-49(53)50-12-4-8-16-54(50)57)19-21-65-23-25-67-27-29-69-31-33-71-35-37-73-39-41-75-43-45-77-46-44-76-42-40-74-38-36-72-34-32-70-30-28-68-26-24-66-22-20-62(2)60(64)79-48-58-55-17-9-5-13-51(55)52-14-6-10-18-56(52)58/h3-18,57-58H,19-48H2,1-2H3. The molecule has 0 unspecified atom stereocenters. The summed E-state index contributed by atoms with van der Waals surface area (Å²) in [7, 11) is 3.42. The zero-order chi connectivity index (χ0) is 55.2. The van der Waals surface area contributed by atoms with Gasteiger partial charge in [-0.2, -0.15) is 0 Å². The van der Waals surface area contributed by atoms with Crippen LogP contribution in [-0.2, 0) is 71.1 Å². The topological polar surface area (TPSA) is 179 Å². The number of hydrogen-bond donors (Lipinski definition) is 0. The lowest BCUT2D eigenvalue weighted by Crippen LogP contribution is -2.32. The lowest BCUT2D eigenvalue weighted by Gasteiger charge is -2.19. The van der Waals surface area contributed by atoms with Crippen LogP contribution in [0.2, 0.25) is 0 Å². The van der Waals surface area contributed by atoms with Crippen molar-refractivity contribution in [3.05, 3.63) is 119 Å². The van der Waals surface area contributed by atoms with Gasteiger partial charge in [0.15, 0.2) is 0 Å². The van der Waals surface area contributed by atoms with Gasteiger partial charge in [0.2, 0.25) is 0 Å². The van der Waals surface area contributed by atoms with Crippen LogP contribution >= 0.6 is 0 Å². The van der Waals surface area contributed by atoms with E-state index >= 15 is 0 Å². The molecule has 0 N–H and O–H groups in total. The van der Waals surface area contributed by atoms with Crippen molar-refractivity contribution in [2.24, 2.45) is 0 Å². The maximum Gasteiger partial charge on any atom is 0.409 e. The lowest BCUT2D eigenvalue weighted by atomic mass is 9.98. The highest BCUT2D eigenvalue weighted by molar-refractivity contribution is 5.80. The van der Waals surface area contributed by atoms with Gasteiger partial charge in [0.1, 0.15) is 13.2 Å². The maximum absolute atomic E-state index is 12.7. The zero-order valence-electron chi connectivity index (χ0n) is 46.4. The first-order chi connectivity index (χ1) is 39.0. The molecule has 436 valence electrons. The van der Waals surface area contributed by atoms with E-state index in [0.717, 1.165) is 0 Å². The average Bonchev–Trinajstić information content (AvgIpc) is 4.23. The minimum atomic E-state index is -0.370. The highest BCUT2D eigenvalue weighted by Crippen LogP contribution is 2.45. The largest absolute Gasteiger partial charge is 0.448 e. The number of hydrogen-bond acceptors (Lipinski definition) is 17. The molecule has 6 rings (SSSR count). The van der Waals surface area contributed by atoms with Crippen LogP contribution in [0.25, 0.3) is 22.3 Å². The quantitative estimate of drug-likeness (QED) is 0.0414. The first-order valence-electron chi connectivity index (χ1n) is 27.7. The number of carbonyl (C=O) groups is 2. The highest BCUT2D eigenvalue weighted by Gasteiger charge is 2.31. The van der Waals surface area contributed by atoms with E-state index in [1.54, 1.807) is 14.1 Å². The third-order valence-electron chi connectivity index (χ3n) is 12.9. The Morgan fingerprint density at radius 1 is 0.291 bits per heavy atom. The van der Waals surface area contributed by atoms with Crippen molar-refractivity contribution in [1.82, 2.24) is 9.80 Å². The molecule has 19 nitrogen and oxygen atoms in total. The first kappa shape index (κ1) is 63.1. The van der Waals surface area contributed by atoms with E-state index in [1.807, 2.05) is 48.5 Å². The molecule has 0 aliphatic heterocycles. The summed E-state index contributed by atoms with van der Waals surface area (Å²) < 4.78 is 83.7. The van der Waals surface area contributed by atoms with Crippen LogP contribution in [-0.4, -0.2) is 234 Å². The Labute approximate surface area is 466 Å². The number of fused-ring (bicyclic) bond motifs is 6. The molecule has 0 fully saturated rings. The second-order valence-electron chi connectivity index (χ2n) is 18.4. The molecule has 0 saturated heterocycles. The normalized spacial score (nSPS) is 12.6. The summed E-state index contributed by atoms with van der Waals surface area (Å²) in [5.41, 5.74) is 9.56. The van der Waals surface area contributed by atoms with Crippen LogP contribution in [0.5, 0.6) is 0 Å². The number of carbonyl (C=O) groups excluding carboxylic acids is 2. The third-order valence-corrected chi connectivity index (χ3v) is 12.9. The van der Waals surface area contributed by atoms with Crippen LogP contribution in [0.15, 0.2) is 97.1 Å². The van der Waals surface area contributed by atoms with Gasteiger partial charge in [-0.15, -0.1) is 0 Å². The summed E-state index contributed by atoms with van der Waals surface area (Å²) in [6.07, 6.45) is -0.740. The first-order valence-corrected chi connectivity index (χ1v) is 27.7. The van der Waals surface area contributed by atoms with E-state index in [4.69, 9.17) is 71.1 Å². The number of benzene rings is 4. The van der Waals surface area contributed by atoms with Gasteiger partial charge in [0.05, 0.1) is 172 Å². The van der Waals surface area contributed by atoms with Crippen molar-refractivity contribution in [2.45, 2.75) is 11.8 Å². The van der Waals surface area contributed by atoms with Gasteiger partial charge in [-0.25, -0.2) is 9.59 Å². The van der Waals surface area contributed by atoms with Gasteiger partial charge in [0, 0.05) is 39.0 Å². The van der Waals surface area contributed by atoms with Crippen LogP contribution < -0.4 is 0 Å². The number of likely N-dealkylation sites (N-methyl/N-ethyl adjacent to an activating group) is 2. The molecule has 0 radical (unpaired) electrons. The number of amides is 2. The van der Waals surface area contributed by atoms with Crippen molar-refractivity contribution in [3.8, 4) is 22.3 Å². The summed E-state index contributed by atoms with van der Waals surface area (Å²) in [4.78, 5) is 28.4. The van der Waals surface area contributed by atoms with E-state index < -0.39 is 0 Å². The van der Waals surface area contributed by atoms with Crippen molar-refractivity contribution >= 4 is 12.2 Å². The van der Waals surface area contributed by atoms with Crippen molar-refractivity contribution in [2.75, 3.05) is 212 Å². The Bertz CT molecular complexity index is 2030. The minimum absolute atomic E-state index is 0.0301. The molecule has 2 amide bonds. The van der Waals surface area contributed by atoms with Crippen LogP contribution in [0.4, 0.5) is 9.59 Å². The predicted octanol–water partition coefficient (Wildman–Crippen LogP) is 6.96. The van der Waals surface area contributed by atoms with Crippen LogP contribution in [0.3, 0.4) is 0 Å². The zero-order valence-corrected chi connectivity index (χ0v) is 46.4. The van der Waals surface area contributed by atoms with E-state index in [9.17, 15) is 9.59 Å². The van der Waals surface area contributed by atoms with Gasteiger partial charge >= 0.3 is 12.2 Å². The lowest BCUT2D eigenvalue weighted by molar-refractivity contribution is -0.0291.